The Balaban J connectivity index is 2.22. The second-order valence-corrected chi connectivity index (χ2v) is 2.84. The number of urea groups is 1. The number of amides is 3. The zero-order chi connectivity index (χ0) is 11.1. The van der Waals surface area contributed by atoms with Crippen LogP contribution in [0.3, 0.4) is 0 Å². The fourth-order valence-electron chi connectivity index (χ4n) is 0.988. The van der Waals surface area contributed by atoms with Gasteiger partial charge >= 0.3 is 6.03 Å². The van der Waals surface area contributed by atoms with Crippen molar-refractivity contribution in [1.29, 1.82) is 0 Å². The molecule has 0 aliphatic carbocycles. The summed E-state index contributed by atoms with van der Waals surface area (Å²) in [5, 5.41) is 4.77. The van der Waals surface area contributed by atoms with Crippen molar-refractivity contribution in [3.8, 4) is 0 Å². The van der Waals surface area contributed by atoms with E-state index >= 15 is 0 Å². The molecule has 1 aromatic heterocycles. The monoisotopic (exact) mass is 208 g/mol. The molecule has 0 bridgehead atoms. The Morgan fingerprint density at radius 1 is 1.40 bits per heavy atom. The number of hydrogen-bond acceptors (Lipinski definition) is 4. The number of hydrogen-bond donors (Lipinski definition) is 3. The molecule has 0 aliphatic heterocycles. The fraction of sp³-hybridized carbons (Fsp3) is 0.222. The number of primary amides is 1. The summed E-state index contributed by atoms with van der Waals surface area (Å²) in [7, 11) is 0. The van der Waals surface area contributed by atoms with Gasteiger partial charge in [-0.15, -0.1) is 0 Å². The molecule has 1 aromatic rings. The summed E-state index contributed by atoms with van der Waals surface area (Å²) in [6, 6.07) is 4.65. The molecule has 1 rings (SSSR count). The summed E-state index contributed by atoms with van der Waals surface area (Å²) >= 11 is 0. The van der Waals surface area contributed by atoms with Crippen molar-refractivity contribution in [2.75, 3.05) is 6.54 Å². The summed E-state index contributed by atoms with van der Waals surface area (Å²) in [6.45, 7) is 0.493. The average Bonchev–Trinajstić information content (AvgIpc) is 2.18. The minimum atomic E-state index is -0.848. The zero-order valence-corrected chi connectivity index (χ0v) is 8.06. The van der Waals surface area contributed by atoms with E-state index < -0.39 is 11.9 Å². The Morgan fingerprint density at radius 3 is 2.80 bits per heavy atom. The predicted octanol–water partition coefficient (Wildman–Crippen LogP) is -0.634. The van der Waals surface area contributed by atoms with Crippen molar-refractivity contribution < 1.29 is 9.59 Å². The Hall–Kier alpha value is -1.95. The van der Waals surface area contributed by atoms with E-state index in [9.17, 15) is 9.59 Å². The molecule has 1 heterocycles. The molecule has 0 saturated heterocycles. The van der Waals surface area contributed by atoms with Crippen molar-refractivity contribution >= 4 is 11.9 Å². The number of pyridine rings is 1. The maximum absolute atomic E-state index is 10.9. The second kappa shape index (κ2) is 5.71. The van der Waals surface area contributed by atoms with Crippen LogP contribution in [0.4, 0.5) is 4.79 Å². The first-order valence-electron chi connectivity index (χ1n) is 4.38. The maximum atomic E-state index is 10.9. The Bertz CT molecular complexity index is 339. The molecule has 6 nitrogen and oxygen atoms in total. The van der Waals surface area contributed by atoms with Gasteiger partial charge in [-0.25, -0.2) is 4.79 Å². The van der Waals surface area contributed by atoms with Gasteiger partial charge in [0.05, 0.1) is 12.2 Å². The van der Waals surface area contributed by atoms with E-state index in [-0.39, 0.29) is 6.54 Å². The number of aromatic nitrogens is 1. The number of nitrogens with zero attached hydrogens (tertiary/aromatic N) is 1. The minimum Gasteiger partial charge on any atom is -0.351 e. The molecule has 0 spiro atoms. The van der Waals surface area contributed by atoms with Gasteiger partial charge in [-0.2, -0.15) is 0 Å². The number of nitrogens with two attached hydrogens (primary N) is 1. The lowest BCUT2D eigenvalue weighted by Crippen LogP contribution is -2.40. The minimum absolute atomic E-state index is 0.0273. The van der Waals surface area contributed by atoms with Crippen LogP contribution in [0, 0.1) is 0 Å². The molecule has 0 unspecified atom stereocenters. The van der Waals surface area contributed by atoms with Gasteiger partial charge in [-0.1, -0.05) is 6.07 Å². The standard InChI is InChI=1S/C9H12N4O2/c10-9(15)13-8(14)6-11-5-7-3-1-2-4-12-7/h1-4,11H,5-6H2,(H3,10,13,14,15). The highest BCUT2D eigenvalue weighted by Crippen LogP contribution is 1.90. The Morgan fingerprint density at radius 2 is 2.20 bits per heavy atom. The van der Waals surface area contributed by atoms with Crippen molar-refractivity contribution in [2.45, 2.75) is 6.54 Å². The van der Waals surface area contributed by atoms with Crippen LogP contribution in [0.15, 0.2) is 24.4 Å². The molecule has 4 N–H and O–H groups in total. The van der Waals surface area contributed by atoms with Gasteiger partial charge in [0.15, 0.2) is 0 Å². The molecule has 3 amide bonds. The normalized spacial score (nSPS) is 9.60. The van der Waals surface area contributed by atoms with Gasteiger partial charge in [-0.3, -0.25) is 15.1 Å². The molecule has 0 radical (unpaired) electrons. The first-order chi connectivity index (χ1) is 7.18. The molecule has 0 aliphatic rings. The molecule has 0 saturated carbocycles. The lowest BCUT2D eigenvalue weighted by Gasteiger charge is -2.03. The first-order valence-corrected chi connectivity index (χ1v) is 4.38. The highest BCUT2D eigenvalue weighted by Gasteiger charge is 2.02. The molecule has 80 valence electrons. The van der Waals surface area contributed by atoms with E-state index in [1.807, 2.05) is 23.5 Å². The van der Waals surface area contributed by atoms with Crippen LogP contribution >= 0.6 is 0 Å². The van der Waals surface area contributed by atoms with Crippen molar-refractivity contribution in [3.05, 3.63) is 30.1 Å². The Labute approximate surface area is 86.9 Å². The van der Waals surface area contributed by atoms with Crippen molar-refractivity contribution in [2.24, 2.45) is 5.73 Å². The van der Waals surface area contributed by atoms with E-state index in [0.717, 1.165) is 5.69 Å². The van der Waals surface area contributed by atoms with Crippen LogP contribution in [0.1, 0.15) is 5.69 Å². The average molecular weight is 208 g/mol. The van der Waals surface area contributed by atoms with E-state index in [1.165, 1.54) is 0 Å². The van der Waals surface area contributed by atoms with E-state index in [1.54, 1.807) is 6.20 Å². The van der Waals surface area contributed by atoms with Crippen molar-refractivity contribution in [1.82, 2.24) is 15.6 Å². The van der Waals surface area contributed by atoms with E-state index in [4.69, 9.17) is 5.73 Å². The number of rotatable bonds is 4. The van der Waals surface area contributed by atoms with Gasteiger partial charge in [0.1, 0.15) is 0 Å². The maximum Gasteiger partial charge on any atom is 0.318 e. The van der Waals surface area contributed by atoms with Crippen LogP contribution in [-0.2, 0) is 11.3 Å². The quantitative estimate of drug-likeness (QED) is 0.613. The van der Waals surface area contributed by atoms with Gasteiger partial charge in [-0.05, 0) is 12.1 Å². The SMILES string of the molecule is NC(=O)NC(=O)CNCc1ccccn1. The number of carbonyl (C=O) groups excluding carboxylic acids is 2. The smallest absolute Gasteiger partial charge is 0.318 e. The fourth-order valence-corrected chi connectivity index (χ4v) is 0.988. The predicted molar refractivity (Wildman–Crippen MR) is 53.7 cm³/mol. The largest absolute Gasteiger partial charge is 0.351 e. The van der Waals surface area contributed by atoms with Crippen LogP contribution < -0.4 is 16.4 Å². The number of imide groups is 1. The van der Waals surface area contributed by atoms with E-state index in [0.29, 0.717) is 6.54 Å². The number of carbonyl (C=O) groups is 2. The third-order valence-electron chi connectivity index (χ3n) is 1.58. The third-order valence-corrected chi connectivity index (χ3v) is 1.58. The molecule has 0 fully saturated rings. The van der Waals surface area contributed by atoms with Gasteiger partial charge < -0.3 is 11.1 Å². The molecule has 15 heavy (non-hydrogen) atoms. The molecular weight excluding hydrogens is 196 g/mol. The highest BCUT2D eigenvalue weighted by atomic mass is 16.2. The van der Waals surface area contributed by atoms with Crippen LogP contribution in [0.25, 0.3) is 0 Å². The topological polar surface area (TPSA) is 97.1 Å². The summed E-state index contributed by atoms with van der Waals surface area (Å²) in [5.41, 5.74) is 5.59. The second-order valence-electron chi connectivity index (χ2n) is 2.84. The van der Waals surface area contributed by atoms with Gasteiger partial charge in [0, 0.05) is 12.7 Å². The summed E-state index contributed by atoms with van der Waals surface area (Å²) in [6.07, 6.45) is 1.67. The van der Waals surface area contributed by atoms with Crippen LogP contribution in [0.2, 0.25) is 0 Å². The van der Waals surface area contributed by atoms with Gasteiger partial charge in [0.2, 0.25) is 5.91 Å². The Kier molecular flexibility index (Phi) is 4.24. The lowest BCUT2D eigenvalue weighted by atomic mass is 10.3. The van der Waals surface area contributed by atoms with Crippen LogP contribution in [0.5, 0.6) is 0 Å². The lowest BCUT2D eigenvalue weighted by molar-refractivity contribution is -0.119. The molecule has 0 aromatic carbocycles. The van der Waals surface area contributed by atoms with Gasteiger partial charge in [0.25, 0.3) is 0 Å². The summed E-state index contributed by atoms with van der Waals surface area (Å²) < 4.78 is 0. The van der Waals surface area contributed by atoms with Crippen molar-refractivity contribution in [3.63, 3.8) is 0 Å². The number of nitrogens with one attached hydrogen (secondary N) is 2. The third kappa shape index (κ3) is 4.72. The summed E-state index contributed by atoms with van der Waals surface area (Å²) in [4.78, 5) is 25.3. The summed E-state index contributed by atoms with van der Waals surface area (Å²) in [5.74, 6) is -0.460. The van der Waals surface area contributed by atoms with Crippen LogP contribution in [-0.4, -0.2) is 23.5 Å². The molecule has 6 heteroatoms. The molecular formula is C9H12N4O2. The first kappa shape index (κ1) is 11.1. The highest BCUT2D eigenvalue weighted by molar-refractivity contribution is 5.94. The molecule has 0 atom stereocenters. The van der Waals surface area contributed by atoms with E-state index in [2.05, 4.69) is 10.3 Å². The zero-order valence-electron chi connectivity index (χ0n) is 8.06.